The fourth-order valence-corrected chi connectivity index (χ4v) is 3.34. The van der Waals surface area contributed by atoms with E-state index in [4.69, 9.17) is 0 Å². The van der Waals surface area contributed by atoms with Gasteiger partial charge in [0.1, 0.15) is 10.7 Å². The first-order chi connectivity index (χ1) is 5.77. The Hall–Kier alpha value is -0.240. The first kappa shape index (κ1) is 9.85. The van der Waals surface area contributed by atoms with Gasteiger partial charge in [0.25, 0.3) is 0 Å². The molecule has 2 heteroatoms. The van der Waals surface area contributed by atoms with Crippen LogP contribution >= 0.6 is 0 Å². The van der Waals surface area contributed by atoms with E-state index in [2.05, 4.69) is 13.8 Å². The average Bonchev–Trinajstić information content (AvgIpc) is 2.42. The highest BCUT2D eigenvalue weighted by molar-refractivity contribution is 8.01. The minimum absolute atomic E-state index is 0.308. The summed E-state index contributed by atoms with van der Waals surface area (Å²) in [6.07, 6.45) is 5.51. The lowest BCUT2D eigenvalue weighted by molar-refractivity contribution is -0.112. The molecule has 0 saturated carbocycles. The zero-order chi connectivity index (χ0) is 8.97. The van der Waals surface area contributed by atoms with E-state index in [1.807, 2.05) is 6.08 Å². The number of hydrogen-bond donors (Lipinski definition) is 0. The van der Waals surface area contributed by atoms with Gasteiger partial charge in [-0.1, -0.05) is 13.3 Å². The maximum atomic E-state index is 11.1. The van der Waals surface area contributed by atoms with E-state index in [9.17, 15) is 4.79 Å². The van der Waals surface area contributed by atoms with E-state index in [-0.39, 0.29) is 0 Å². The van der Waals surface area contributed by atoms with Gasteiger partial charge in [0.2, 0.25) is 5.78 Å². The molecule has 1 unspecified atom stereocenters. The number of hydrogen-bond acceptors (Lipinski definition) is 1. The lowest BCUT2D eigenvalue weighted by Crippen LogP contribution is -2.10. The van der Waals surface area contributed by atoms with Gasteiger partial charge in [-0.05, 0) is 13.3 Å². The molecule has 0 aliphatic carbocycles. The zero-order valence-corrected chi connectivity index (χ0v) is 8.75. The van der Waals surface area contributed by atoms with Crippen LogP contribution in [0.3, 0.4) is 0 Å². The molecule has 1 rings (SSSR count). The van der Waals surface area contributed by atoms with Crippen LogP contribution in [0.2, 0.25) is 0 Å². The fraction of sp³-hybridized carbons (Fsp3) is 0.700. The second-order valence-electron chi connectivity index (χ2n) is 3.11. The van der Waals surface area contributed by atoms with Gasteiger partial charge in [-0.3, -0.25) is 4.79 Å². The number of rotatable bonds is 4. The molecule has 0 aromatic carbocycles. The van der Waals surface area contributed by atoms with Crippen molar-refractivity contribution in [3.63, 3.8) is 0 Å². The number of allylic oxidation sites excluding steroid dienone is 2. The third-order valence-electron chi connectivity index (χ3n) is 2.13. The molecule has 0 bridgehead atoms. The van der Waals surface area contributed by atoms with Crippen molar-refractivity contribution in [2.45, 2.75) is 33.1 Å². The summed E-state index contributed by atoms with van der Waals surface area (Å²) in [6.45, 7) is 4.38. The number of ketones is 1. The van der Waals surface area contributed by atoms with Gasteiger partial charge in [-0.15, -0.1) is 0 Å². The predicted octanol–water partition coefficient (Wildman–Crippen LogP) is 2.28. The second kappa shape index (κ2) is 4.70. The van der Waals surface area contributed by atoms with Crippen LogP contribution in [0.1, 0.15) is 33.1 Å². The van der Waals surface area contributed by atoms with Crippen LogP contribution in [0.4, 0.5) is 0 Å². The van der Waals surface area contributed by atoms with Crippen molar-refractivity contribution < 1.29 is 4.79 Å². The standard InChI is InChI=1S/C10H17OS/c1-3-5-6-10-7-9(11)8-12(10)4-2/h7H,3-6,8H2,1-2H3/q+1. The Kier molecular flexibility index (Phi) is 3.86. The van der Waals surface area contributed by atoms with Crippen molar-refractivity contribution in [3.05, 3.63) is 11.0 Å². The van der Waals surface area contributed by atoms with E-state index in [1.165, 1.54) is 17.7 Å². The van der Waals surface area contributed by atoms with Crippen LogP contribution in [-0.4, -0.2) is 17.3 Å². The number of carbonyl (C=O) groups is 1. The fourth-order valence-electron chi connectivity index (χ4n) is 1.42. The quantitative estimate of drug-likeness (QED) is 0.614. The van der Waals surface area contributed by atoms with E-state index in [1.54, 1.807) is 0 Å². The molecule has 0 spiro atoms. The minimum Gasteiger partial charge on any atom is -0.289 e. The van der Waals surface area contributed by atoms with Crippen molar-refractivity contribution in [3.8, 4) is 0 Å². The smallest absolute Gasteiger partial charge is 0.209 e. The largest absolute Gasteiger partial charge is 0.289 e. The highest BCUT2D eigenvalue weighted by Crippen LogP contribution is 2.23. The lowest BCUT2D eigenvalue weighted by atomic mass is 10.2. The summed E-state index contributed by atoms with van der Waals surface area (Å²) >= 11 is 0. The predicted molar refractivity (Wildman–Crippen MR) is 55.4 cm³/mol. The molecule has 12 heavy (non-hydrogen) atoms. The van der Waals surface area contributed by atoms with E-state index in [0.717, 1.165) is 17.9 Å². The monoisotopic (exact) mass is 185 g/mol. The molecule has 1 aliphatic heterocycles. The second-order valence-corrected chi connectivity index (χ2v) is 5.48. The molecule has 0 aromatic rings. The van der Waals surface area contributed by atoms with Gasteiger partial charge in [-0.2, -0.15) is 0 Å². The molecule has 1 heterocycles. The van der Waals surface area contributed by atoms with Crippen molar-refractivity contribution in [2.75, 3.05) is 11.5 Å². The Morgan fingerprint density at radius 3 is 2.83 bits per heavy atom. The van der Waals surface area contributed by atoms with Crippen LogP contribution in [-0.2, 0) is 15.7 Å². The minimum atomic E-state index is 0.308. The third kappa shape index (κ3) is 2.37. The van der Waals surface area contributed by atoms with Gasteiger partial charge in [0.05, 0.1) is 0 Å². The summed E-state index contributed by atoms with van der Waals surface area (Å²) in [5, 5.41) is 0. The molecule has 0 aromatic heterocycles. The summed E-state index contributed by atoms with van der Waals surface area (Å²) in [4.78, 5) is 12.6. The maximum absolute atomic E-state index is 11.1. The van der Waals surface area contributed by atoms with Crippen molar-refractivity contribution in [1.82, 2.24) is 0 Å². The summed E-state index contributed by atoms with van der Waals surface area (Å²) < 4.78 is 0. The highest BCUT2D eigenvalue weighted by Gasteiger charge is 2.31. The summed E-state index contributed by atoms with van der Waals surface area (Å²) in [6, 6.07) is 0. The van der Waals surface area contributed by atoms with Crippen LogP contribution in [0.15, 0.2) is 11.0 Å². The topological polar surface area (TPSA) is 17.1 Å². The Bertz CT molecular complexity index is 196. The van der Waals surface area contributed by atoms with Gasteiger partial charge < -0.3 is 0 Å². The van der Waals surface area contributed by atoms with Crippen LogP contribution in [0.25, 0.3) is 0 Å². The molecule has 68 valence electrons. The van der Waals surface area contributed by atoms with Gasteiger partial charge in [0, 0.05) is 23.4 Å². The number of carbonyl (C=O) groups excluding carboxylic acids is 1. The highest BCUT2D eigenvalue weighted by atomic mass is 32.2. The first-order valence-electron chi connectivity index (χ1n) is 4.68. The summed E-state index contributed by atoms with van der Waals surface area (Å²) in [7, 11) is 0.308. The molecule has 0 fully saturated rings. The molecule has 1 aliphatic rings. The molecule has 0 amide bonds. The first-order valence-corrected chi connectivity index (χ1v) is 6.25. The zero-order valence-electron chi connectivity index (χ0n) is 7.93. The molecule has 0 N–H and O–H groups in total. The normalized spacial score (nSPS) is 23.0. The van der Waals surface area contributed by atoms with Crippen LogP contribution in [0.5, 0.6) is 0 Å². The Morgan fingerprint density at radius 1 is 1.50 bits per heavy atom. The number of unbranched alkanes of at least 4 members (excludes halogenated alkanes) is 1. The van der Waals surface area contributed by atoms with Crippen molar-refractivity contribution in [2.24, 2.45) is 0 Å². The maximum Gasteiger partial charge on any atom is 0.209 e. The molecule has 0 saturated heterocycles. The summed E-state index contributed by atoms with van der Waals surface area (Å²) in [5.41, 5.74) is 0. The Morgan fingerprint density at radius 2 is 2.25 bits per heavy atom. The van der Waals surface area contributed by atoms with Crippen molar-refractivity contribution >= 4 is 16.7 Å². The average molecular weight is 185 g/mol. The molecular formula is C10H17OS+. The SMILES string of the molecule is CCCCC1=CC(=O)C[S+]1CC. The lowest BCUT2D eigenvalue weighted by Gasteiger charge is -2.00. The third-order valence-corrected chi connectivity index (χ3v) is 4.53. The van der Waals surface area contributed by atoms with E-state index in [0.29, 0.717) is 16.7 Å². The Labute approximate surface area is 77.6 Å². The summed E-state index contributed by atoms with van der Waals surface area (Å²) in [5.74, 6) is 2.31. The molecular weight excluding hydrogens is 168 g/mol. The molecule has 1 atom stereocenters. The van der Waals surface area contributed by atoms with E-state index < -0.39 is 0 Å². The molecule has 1 nitrogen and oxygen atoms in total. The van der Waals surface area contributed by atoms with Crippen molar-refractivity contribution in [1.29, 1.82) is 0 Å². The van der Waals surface area contributed by atoms with Gasteiger partial charge in [0.15, 0.2) is 5.75 Å². The van der Waals surface area contributed by atoms with Gasteiger partial charge in [-0.25, -0.2) is 0 Å². The van der Waals surface area contributed by atoms with Crippen LogP contribution in [0, 0.1) is 0 Å². The Balaban J connectivity index is 2.48. The molecule has 0 radical (unpaired) electrons. The van der Waals surface area contributed by atoms with Gasteiger partial charge >= 0.3 is 0 Å². The van der Waals surface area contributed by atoms with E-state index >= 15 is 0 Å². The van der Waals surface area contributed by atoms with Crippen LogP contribution < -0.4 is 0 Å².